The van der Waals surface area contributed by atoms with Gasteiger partial charge in [-0.25, -0.2) is 9.97 Å². The SMILES string of the molecule is Ic1ncn2ccccc12.c1ccn2cncc2c1. The zero-order valence-electron chi connectivity index (χ0n) is 10.0. The van der Waals surface area contributed by atoms with Gasteiger partial charge in [0, 0.05) is 12.4 Å². The van der Waals surface area contributed by atoms with Crippen molar-refractivity contribution < 1.29 is 0 Å². The molecular formula is C14H11IN4. The van der Waals surface area contributed by atoms with Crippen molar-refractivity contribution in [3.63, 3.8) is 0 Å². The highest BCUT2D eigenvalue weighted by molar-refractivity contribution is 14.1. The van der Waals surface area contributed by atoms with Crippen LogP contribution in [0.5, 0.6) is 0 Å². The Labute approximate surface area is 123 Å². The molecule has 0 saturated carbocycles. The van der Waals surface area contributed by atoms with Crippen LogP contribution < -0.4 is 0 Å². The molecule has 0 aliphatic heterocycles. The van der Waals surface area contributed by atoms with Crippen LogP contribution in [0.15, 0.2) is 67.6 Å². The third-order valence-electron chi connectivity index (χ3n) is 2.72. The van der Waals surface area contributed by atoms with Gasteiger partial charge in [-0.2, -0.15) is 0 Å². The number of hydrogen-bond acceptors (Lipinski definition) is 2. The van der Waals surface area contributed by atoms with Crippen LogP contribution in [-0.2, 0) is 0 Å². The summed E-state index contributed by atoms with van der Waals surface area (Å²) >= 11 is 2.22. The van der Waals surface area contributed by atoms with Gasteiger partial charge in [-0.3, -0.25) is 0 Å². The Kier molecular flexibility index (Phi) is 3.45. The highest BCUT2D eigenvalue weighted by Crippen LogP contribution is 2.10. The van der Waals surface area contributed by atoms with E-state index in [9.17, 15) is 0 Å². The molecule has 0 fully saturated rings. The van der Waals surface area contributed by atoms with E-state index in [0.717, 1.165) is 9.22 Å². The second kappa shape index (κ2) is 5.40. The Hall–Kier alpha value is -1.89. The van der Waals surface area contributed by atoms with E-state index in [2.05, 4.69) is 38.6 Å². The van der Waals surface area contributed by atoms with Crippen molar-refractivity contribution in [3.8, 4) is 0 Å². The summed E-state index contributed by atoms with van der Waals surface area (Å²) in [7, 11) is 0. The minimum absolute atomic E-state index is 1.05. The summed E-state index contributed by atoms with van der Waals surface area (Å²) in [5.74, 6) is 0. The molecule has 0 aliphatic carbocycles. The second-order valence-corrected chi connectivity index (χ2v) is 4.98. The van der Waals surface area contributed by atoms with Gasteiger partial charge in [-0.05, 0) is 46.9 Å². The summed E-state index contributed by atoms with van der Waals surface area (Å²) in [6, 6.07) is 12.1. The lowest BCUT2D eigenvalue weighted by molar-refractivity contribution is 1.15. The first kappa shape index (κ1) is 12.2. The second-order valence-electron chi connectivity index (χ2n) is 3.95. The van der Waals surface area contributed by atoms with E-state index in [-0.39, 0.29) is 0 Å². The van der Waals surface area contributed by atoms with Gasteiger partial charge >= 0.3 is 0 Å². The molecular weight excluding hydrogens is 351 g/mol. The number of imidazole rings is 2. The number of aromatic nitrogens is 4. The van der Waals surface area contributed by atoms with E-state index in [4.69, 9.17) is 0 Å². The van der Waals surface area contributed by atoms with E-state index in [1.807, 2.05) is 64.1 Å². The van der Waals surface area contributed by atoms with Crippen molar-refractivity contribution >= 4 is 33.6 Å². The molecule has 4 aromatic rings. The van der Waals surface area contributed by atoms with Crippen molar-refractivity contribution in [2.45, 2.75) is 0 Å². The molecule has 0 bridgehead atoms. The van der Waals surface area contributed by atoms with Crippen LogP contribution in [-0.4, -0.2) is 18.8 Å². The molecule has 0 amide bonds. The summed E-state index contributed by atoms with van der Waals surface area (Å²) in [4.78, 5) is 8.11. The summed E-state index contributed by atoms with van der Waals surface area (Å²) in [6.45, 7) is 0. The fourth-order valence-corrected chi connectivity index (χ4v) is 2.36. The maximum Gasteiger partial charge on any atom is 0.127 e. The third kappa shape index (κ3) is 2.60. The lowest BCUT2D eigenvalue weighted by atomic mass is 10.4. The molecule has 0 unspecified atom stereocenters. The minimum atomic E-state index is 1.05. The fourth-order valence-electron chi connectivity index (χ4n) is 1.78. The predicted molar refractivity (Wildman–Crippen MR) is 83.1 cm³/mol. The van der Waals surface area contributed by atoms with Crippen LogP contribution in [0.25, 0.3) is 11.0 Å². The first-order valence-electron chi connectivity index (χ1n) is 5.78. The molecule has 4 nitrogen and oxygen atoms in total. The molecule has 0 atom stereocenters. The summed E-state index contributed by atoms with van der Waals surface area (Å²) < 4.78 is 5.03. The number of hydrogen-bond donors (Lipinski definition) is 0. The van der Waals surface area contributed by atoms with Gasteiger partial charge in [-0.15, -0.1) is 0 Å². The molecule has 5 heteroatoms. The van der Waals surface area contributed by atoms with Crippen molar-refractivity contribution in [2.24, 2.45) is 0 Å². The van der Waals surface area contributed by atoms with Gasteiger partial charge in [0.05, 0.1) is 23.6 Å². The van der Waals surface area contributed by atoms with Crippen LogP contribution >= 0.6 is 22.6 Å². The van der Waals surface area contributed by atoms with Crippen LogP contribution in [0.1, 0.15) is 0 Å². The topological polar surface area (TPSA) is 34.6 Å². The van der Waals surface area contributed by atoms with Gasteiger partial charge in [0.2, 0.25) is 0 Å². The number of pyridine rings is 2. The Morgan fingerprint density at radius 3 is 2.47 bits per heavy atom. The lowest BCUT2D eigenvalue weighted by Crippen LogP contribution is -1.77. The maximum absolute atomic E-state index is 4.15. The quantitative estimate of drug-likeness (QED) is 0.450. The number of halogens is 1. The van der Waals surface area contributed by atoms with E-state index in [1.165, 1.54) is 5.52 Å². The van der Waals surface area contributed by atoms with Gasteiger partial charge in [0.1, 0.15) is 10.0 Å². The average Bonchev–Trinajstić information content (AvgIpc) is 3.07. The normalized spacial score (nSPS) is 10.4. The van der Waals surface area contributed by atoms with Crippen LogP contribution in [0.3, 0.4) is 0 Å². The Balaban J connectivity index is 0.000000117. The highest BCUT2D eigenvalue weighted by atomic mass is 127. The molecule has 4 heterocycles. The Bertz CT molecular complexity index is 773. The highest BCUT2D eigenvalue weighted by Gasteiger charge is 1.95. The zero-order chi connectivity index (χ0) is 13.1. The standard InChI is InChI=1S/C7H5IN2.C7H6N2/c8-7-6-3-1-2-4-10(6)5-9-7;1-2-4-9-6-8-5-7(9)3-1/h1-5H;1-6H. The summed E-state index contributed by atoms with van der Waals surface area (Å²) in [5, 5.41) is 0. The Morgan fingerprint density at radius 1 is 0.895 bits per heavy atom. The fraction of sp³-hybridized carbons (Fsp3) is 0. The van der Waals surface area contributed by atoms with Gasteiger partial charge in [-0.1, -0.05) is 12.1 Å². The largest absolute Gasteiger partial charge is 0.306 e. The first-order valence-corrected chi connectivity index (χ1v) is 6.86. The molecule has 0 aromatic carbocycles. The predicted octanol–water partition coefficient (Wildman–Crippen LogP) is 3.27. The van der Waals surface area contributed by atoms with Crippen molar-refractivity contribution in [3.05, 3.63) is 71.3 Å². The van der Waals surface area contributed by atoms with Gasteiger partial charge in [0.25, 0.3) is 0 Å². The molecule has 19 heavy (non-hydrogen) atoms. The van der Waals surface area contributed by atoms with Crippen LogP contribution in [0, 0.1) is 3.70 Å². The van der Waals surface area contributed by atoms with Crippen molar-refractivity contribution in [1.82, 2.24) is 18.8 Å². The monoisotopic (exact) mass is 362 g/mol. The van der Waals surface area contributed by atoms with E-state index in [0.29, 0.717) is 0 Å². The molecule has 0 saturated heterocycles. The molecule has 0 aliphatic rings. The third-order valence-corrected chi connectivity index (χ3v) is 3.55. The molecule has 0 spiro atoms. The van der Waals surface area contributed by atoms with Crippen LogP contribution in [0.4, 0.5) is 0 Å². The average molecular weight is 362 g/mol. The van der Waals surface area contributed by atoms with Crippen molar-refractivity contribution in [1.29, 1.82) is 0 Å². The Morgan fingerprint density at radius 2 is 1.68 bits per heavy atom. The molecule has 94 valence electrons. The molecule has 0 N–H and O–H groups in total. The summed E-state index contributed by atoms with van der Waals surface area (Å²) in [5.41, 5.74) is 2.31. The molecule has 4 aromatic heterocycles. The van der Waals surface area contributed by atoms with E-state index >= 15 is 0 Å². The minimum Gasteiger partial charge on any atom is -0.306 e. The van der Waals surface area contributed by atoms with E-state index < -0.39 is 0 Å². The lowest BCUT2D eigenvalue weighted by Gasteiger charge is -1.88. The number of rotatable bonds is 0. The first-order chi connectivity index (χ1) is 9.34. The zero-order valence-corrected chi connectivity index (χ0v) is 12.2. The smallest absolute Gasteiger partial charge is 0.127 e. The van der Waals surface area contributed by atoms with Gasteiger partial charge < -0.3 is 8.80 Å². The number of nitrogens with zero attached hydrogens (tertiary/aromatic N) is 4. The number of fused-ring (bicyclic) bond motifs is 2. The van der Waals surface area contributed by atoms with E-state index in [1.54, 1.807) is 6.33 Å². The molecule has 4 rings (SSSR count). The molecule has 0 radical (unpaired) electrons. The summed E-state index contributed by atoms with van der Waals surface area (Å²) in [6.07, 6.45) is 9.40. The van der Waals surface area contributed by atoms with Gasteiger partial charge in [0.15, 0.2) is 0 Å². The van der Waals surface area contributed by atoms with Crippen molar-refractivity contribution in [2.75, 3.05) is 0 Å². The van der Waals surface area contributed by atoms with Crippen LogP contribution in [0.2, 0.25) is 0 Å². The maximum atomic E-state index is 4.15.